The summed E-state index contributed by atoms with van der Waals surface area (Å²) in [5.41, 5.74) is 7.24. The lowest BCUT2D eigenvalue weighted by atomic mass is 10.1. The van der Waals surface area contributed by atoms with Crippen molar-refractivity contribution < 1.29 is 13.9 Å². The van der Waals surface area contributed by atoms with Crippen LogP contribution in [0.5, 0.6) is 11.5 Å². The number of fused-ring (bicyclic) bond motifs is 1. The average Bonchev–Trinajstić information content (AvgIpc) is 2.81. The first-order chi connectivity index (χ1) is 9.61. The number of anilines is 1. The van der Waals surface area contributed by atoms with Crippen LogP contribution in [0.4, 0.5) is 10.1 Å². The predicted octanol–water partition coefficient (Wildman–Crippen LogP) is 3.55. The number of hydrogen-bond acceptors (Lipinski definition) is 3. The van der Waals surface area contributed by atoms with Crippen molar-refractivity contribution in [1.29, 1.82) is 0 Å². The molecule has 0 aliphatic carbocycles. The van der Waals surface area contributed by atoms with E-state index < -0.39 is 0 Å². The van der Waals surface area contributed by atoms with E-state index in [1.807, 2.05) is 6.07 Å². The van der Waals surface area contributed by atoms with E-state index in [9.17, 15) is 4.39 Å². The van der Waals surface area contributed by atoms with Crippen molar-refractivity contribution in [3.8, 4) is 11.5 Å². The molecule has 2 aromatic rings. The maximum atomic E-state index is 13.1. The van der Waals surface area contributed by atoms with Crippen LogP contribution in [0.25, 0.3) is 0 Å². The molecule has 2 N–H and O–H groups in total. The largest absolute Gasteiger partial charge is 0.488 e. The van der Waals surface area contributed by atoms with E-state index >= 15 is 0 Å². The van der Waals surface area contributed by atoms with E-state index in [0.717, 1.165) is 15.8 Å². The first-order valence-corrected chi connectivity index (χ1v) is 7.04. The monoisotopic (exact) mass is 337 g/mol. The Hall–Kier alpha value is -1.75. The predicted molar refractivity (Wildman–Crippen MR) is 78.6 cm³/mol. The molecule has 0 saturated heterocycles. The molecule has 5 heteroatoms. The zero-order valence-electron chi connectivity index (χ0n) is 10.6. The average molecular weight is 338 g/mol. The SMILES string of the molecule is Nc1ccc(Br)c(OCC2Cc3cc(F)ccc3O2)c1. The van der Waals surface area contributed by atoms with Gasteiger partial charge in [0.2, 0.25) is 0 Å². The van der Waals surface area contributed by atoms with E-state index in [2.05, 4.69) is 15.9 Å². The maximum absolute atomic E-state index is 13.1. The quantitative estimate of drug-likeness (QED) is 0.871. The summed E-state index contributed by atoms with van der Waals surface area (Å²) in [6.07, 6.45) is 0.535. The van der Waals surface area contributed by atoms with Gasteiger partial charge in [0.05, 0.1) is 4.47 Å². The van der Waals surface area contributed by atoms with E-state index in [1.165, 1.54) is 12.1 Å². The van der Waals surface area contributed by atoms with Crippen molar-refractivity contribution >= 4 is 21.6 Å². The summed E-state index contributed by atoms with van der Waals surface area (Å²) in [5, 5.41) is 0. The van der Waals surface area contributed by atoms with Crippen LogP contribution in [0, 0.1) is 5.82 Å². The molecule has 1 heterocycles. The van der Waals surface area contributed by atoms with Crippen LogP contribution in [0.1, 0.15) is 5.56 Å². The fourth-order valence-corrected chi connectivity index (χ4v) is 2.56. The summed E-state index contributed by atoms with van der Waals surface area (Å²) in [7, 11) is 0. The molecule has 1 aliphatic heterocycles. The van der Waals surface area contributed by atoms with Crippen LogP contribution < -0.4 is 15.2 Å². The summed E-state index contributed by atoms with van der Waals surface area (Å²) >= 11 is 3.41. The zero-order chi connectivity index (χ0) is 14.1. The van der Waals surface area contributed by atoms with Crippen molar-refractivity contribution in [2.24, 2.45) is 0 Å². The molecule has 20 heavy (non-hydrogen) atoms. The van der Waals surface area contributed by atoms with Gasteiger partial charge in [0.1, 0.15) is 30.0 Å². The standard InChI is InChI=1S/C15H13BrFNO2/c16-13-3-2-11(18)7-15(13)19-8-12-6-9-5-10(17)1-4-14(9)20-12/h1-5,7,12H,6,8,18H2. The molecule has 1 aliphatic rings. The lowest BCUT2D eigenvalue weighted by Gasteiger charge is -2.13. The Morgan fingerprint density at radius 2 is 2.15 bits per heavy atom. The molecule has 1 unspecified atom stereocenters. The number of nitrogens with two attached hydrogens (primary N) is 1. The summed E-state index contributed by atoms with van der Waals surface area (Å²) in [6, 6.07) is 9.95. The van der Waals surface area contributed by atoms with Gasteiger partial charge in [-0.2, -0.15) is 0 Å². The van der Waals surface area contributed by atoms with Gasteiger partial charge in [-0.1, -0.05) is 0 Å². The molecule has 0 saturated carbocycles. The lowest BCUT2D eigenvalue weighted by Crippen LogP contribution is -2.22. The van der Waals surface area contributed by atoms with Crippen LogP contribution in [-0.4, -0.2) is 12.7 Å². The van der Waals surface area contributed by atoms with Crippen LogP contribution in [-0.2, 0) is 6.42 Å². The van der Waals surface area contributed by atoms with Crippen LogP contribution in [0.3, 0.4) is 0 Å². The molecule has 0 bridgehead atoms. The molecule has 1 atom stereocenters. The fraction of sp³-hybridized carbons (Fsp3) is 0.200. The van der Waals surface area contributed by atoms with Gasteiger partial charge in [-0.25, -0.2) is 4.39 Å². The fourth-order valence-electron chi connectivity index (χ4n) is 2.20. The van der Waals surface area contributed by atoms with Gasteiger partial charge in [0.15, 0.2) is 0 Å². The molecule has 0 amide bonds. The van der Waals surface area contributed by atoms with Gasteiger partial charge in [0.25, 0.3) is 0 Å². The van der Waals surface area contributed by atoms with E-state index in [-0.39, 0.29) is 11.9 Å². The Labute approximate surface area is 124 Å². The van der Waals surface area contributed by atoms with Gasteiger partial charge >= 0.3 is 0 Å². The molecule has 0 fully saturated rings. The number of ether oxygens (including phenoxy) is 2. The molecule has 0 aromatic heterocycles. The Balaban J connectivity index is 1.65. The molecule has 104 valence electrons. The highest BCUT2D eigenvalue weighted by molar-refractivity contribution is 9.10. The van der Waals surface area contributed by atoms with Gasteiger partial charge in [-0.3, -0.25) is 0 Å². The minimum Gasteiger partial charge on any atom is -0.488 e. The van der Waals surface area contributed by atoms with E-state index in [4.69, 9.17) is 15.2 Å². The second-order valence-electron chi connectivity index (χ2n) is 4.70. The Morgan fingerprint density at radius 1 is 1.30 bits per heavy atom. The number of nitrogen functional groups attached to an aromatic ring is 1. The molecule has 0 spiro atoms. The number of halogens is 2. The second-order valence-corrected chi connectivity index (χ2v) is 5.55. The third-order valence-electron chi connectivity index (χ3n) is 3.14. The number of hydrogen-bond donors (Lipinski definition) is 1. The van der Waals surface area contributed by atoms with Crippen molar-refractivity contribution in [2.45, 2.75) is 12.5 Å². The summed E-state index contributed by atoms with van der Waals surface area (Å²) in [6.45, 7) is 0.387. The van der Waals surface area contributed by atoms with Gasteiger partial charge in [0, 0.05) is 23.7 Å². The van der Waals surface area contributed by atoms with E-state index in [1.54, 1.807) is 18.2 Å². The second kappa shape index (κ2) is 5.32. The van der Waals surface area contributed by atoms with Gasteiger partial charge in [-0.15, -0.1) is 0 Å². The third kappa shape index (κ3) is 2.72. The van der Waals surface area contributed by atoms with Crippen LogP contribution in [0.2, 0.25) is 0 Å². The molecule has 2 aromatic carbocycles. The highest BCUT2D eigenvalue weighted by Gasteiger charge is 2.24. The minimum atomic E-state index is -0.243. The van der Waals surface area contributed by atoms with Crippen LogP contribution >= 0.6 is 15.9 Å². The summed E-state index contributed by atoms with van der Waals surface area (Å²) < 4.78 is 25.4. The highest BCUT2D eigenvalue weighted by Crippen LogP contribution is 2.31. The number of benzene rings is 2. The topological polar surface area (TPSA) is 44.5 Å². The van der Waals surface area contributed by atoms with Crippen molar-refractivity contribution in [1.82, 2.24) is 0 Å². The van der Waals surface area contributed by atoms with Crippen LogP contribution in [0.15, 0.2) is 40.9 Å². The van der Waals surface area contributed by atoms with Crippen molar-refractivity contribution in [3.05, 3.63) is 52.3 Å². The summed E-state index contributed by atoms with van der Waals surface area (Å²) in [5.74, 6) is 1.16. The Bertz CT molecular complexity index is 648. The maximum Gasteiger partial charge on any atom is 0.137 e. The molecule has 0 radical (unpaired) electrons. The van der Waals surface area contributed by atoms with Gasteiger partial charge < -0.3 is 15.2 Å². The third-order valence-corrected chi connectivity index (χ3v) is 3.80. The van der Waals surface area contributed by atoms with Crippen molar-refractivity contribution in [3.63, 3.8) is 0 Å². The van der Waals surface area contributed by atoms with Gasteiger partial charge in [-0.05, 0) is 46.3 Å². The Kier molecular flexibility index (Phi) is 3.53. The Morgan fingerprint density at radius 3 is 3.00 bits per heavy atom. The smallest absolute Gasteiger partial charge is 0.137 e. The number of rotatable bonds is 3. The van der Waals surface area contributed by atoms with E-state index in [0.29, 0.717) is 24.5 Å². The lowest BCUT2D eigenvalue weighted by molar-refractivity contribution is 0.148. The highest BCUT2D eigenvalue weighted by atomic mass is 79.9. The molecule has 3 nitrogen and oxygen atoms in total. The molecular weight excluding hydrogens is 325 g/mol. The molecular formula is C15H13BrFNO2. The van der Waals surface area contributed by atoms with Crippen molar-refractivity contribution in [2.75, 3.05) is 12.3 Å². The normalized spacial score (nSPS) is 16.6. The first kappa shape index (κ1) is 13.2. The molecule has 3 rings (SSSR count). The first-order valence-electron chi connectivity index (χ1n) is 6.25. The zero-order valence-corrected chi connectivity index (χ0v) is 12.2. The minimum absolute atomic E-state index is 0.111. The summed E-state index contributed by atoms with van der Waals surface area (Å²) in [4.78, 5) is 0.